The van der Waals surface area contributed by atoms with Gasteiger partial charge in [0.05, 0.1) is 0 Å². The van der Waals surface area contributed by atoms with E-state index in [1.807, 2.05) is 6.07 Å². The SMILES string of the molecule is Nc1nc(=S)nc(-c2ccc(Br)cn2)[nH]1. The predicted octanol–water partition coefficient (Wildman–Crippen LogP) is 1.94. The minimum atomic E-state index is 0.200. The number of nitrogens with zero attached hydrogens (tertiary/aromatic N) is 3. The van der Waals surface area contributed by atoms with Gasteiger partial charge in [0.1, 0.15) is 5.69 Å². The number of pyridine rings is 1. The lowest BCUT2D eigenvalue weighted by atomic mass is 10.3. The van der Waals surface area contributed by atoms with Crippen molar-refractivity contribution in [1.29, 1.82) is 0 Å². The number of halogens is 1. The van der Waals surface area contributed by atoms with E-state index in [0.29, 0.717) is 11.5 Å². The van der Waals surface area contributed by atoms with E-state index in [4.69, 9.17) is 18.0 Å². The van der Waals surface area contributed by atoms with Crippen LogP contribution < -0.4 is 5.73 Å². The highest BCUT2D eigenvalue weighted by molar-refractivity contribution is 9.10. The van der Waals surface area contributed by atoms with Crippen molar-refractivity contribution in [3.63, 3.8) is 0 Å². The van der Waals surface area contributed by atoms with E-state index in [9.17, 15) is 0 Å². The zero-order valence-electron chi connectivity index (χ0n) is 7.44. The van der Waals surface area contributed by atoms with Crippen molar-refractivity contribution >= 4 is 34.1 Å². The minimum Gasteiger partial charge on any atom is -0.369 e. The van der Waals surface area contributed by atoms with Gasteiger partial charge >= 0.3 is 0 Å². The van der Waals surface area contributed by atoms with Crippen LogP contribution in [0.2, 0.25) is 0 Å². The second-order valence-electron chi connectivity index (χ2n) is 2.73. The van der Waals surface area contributed by atoms with E-state index < -0.39 is 0 Å². The van der Waals surface area contributed by atoms with Crippen LogP contribution in [-0.4, -0.2) is 19.9 Å². The van der Waals surface area contributed by atoms with Crippen LogP contribution in [0.4, 0.5) is 5.95 Å². The molecule has 0 aliphatic rings. The second-order valence-corrected chi connectivity index (χ2v) is 4.01. The third kappa shape index (κ3) is 2.37. The number of anilines is 1. The smallest absolute Gasteiger partial charge is 0.224 e. The molecule has 0 aromatic carbocycles. The minimum absolute atomic E-state index is 0.200. The van der Waals surface area contributed by atoms with Crippen molar-refractivity contribution in [3.8, 4) is 11.5 Å². The third-order valence-electron chi connectivity index (χ3n) is 1.64. The Morgan fingerprint density at radius 2 is 2.13 bits per heavy atom. The zero-order valence-corrected chi connectivity index (χ0v) is 9.84. The molecule has 7 heteroatoms. The normalized spacial score (nSPS) is 10.2. The largest absolute Gasteiger partial charge is 0.369 e. The number of hydrogen-bond donors (Lipinski definition) is 2. The van der Waals surface area contributed by atoms with Gasteiger partial charge in [-0.1, -0.05) is 0 Å². The maximum atomic E-state index is 5.52. The first-order valence-corrected chi connectivity index (χ1v) is 5.21. The van der Waals surface area contributed by atoms with Gasteiger partial charge in [0.25, 0.3) is 0 Å². The average Bonchev–Trinajstić information content (AvgIpc) is 2.17. The van der Waals surface area contributed by atoms with Gasteiger partial charge in [-0.25, -0.2) is 0 Å². The van der Waals surface area contributed by atoms with E-state index in [-0.39, 0.29) is 10.7 Å². The topological polar surface area (TPSA) is 80.5 Å². The van der Waals surface area contributed by atoms with E-state index in [1.165, 1.54) is 0 Å². The number of rotatable bonds is 1. The van der Waals surface area contributed by atoms with Crippen molar-refractivity contribution in [2.75, 3.05) is 5.73 Å². The van der Waals surface area contributed by atoms with Crippen molar-refractivity contribution in [2.24, 2.45) is 0 Å². The van der Waals surface area contributed by atoms with E-state index in [1.54, 1.807) is 12.3 Å². The molecule has 2 heterocycles. The molecule has 0 radical (unpaired) electrons. The molecule has 2 aromatic heterocycles. The second kappa shape index (κ2) is 4.03. The number of nitrogens with one attached hydrogen (secondary N) is 1. The molecule has 0 saturated carbocycles. The molecule has 0 amide bonds. The number of aromatic nitrogens is 4. The maximum absolute atomic E-state index is 5.52. The van der Waals surface area contributed by atoms with Crippen molar-refractivity contribution < 1.29 is 0 Å². The standard InChI is InChI=1S/C8H6BrN5S/c9-4-1-2-5(11-3-4)6-12-7(10)14-8(15)13-6/h1-3H,(H3,10,12,13,14,15). The Morgan fingerprint density at radius 1 is 1.33 bits per heavy atom. The summed E-state index contributed by atoms with van der Waals surface area (Å²) < 4.78 is 1.10. The molecule has 2 aromatic rings. The molecular weight excluding hydrogens is 278 g/mol. The molecule has 0 aliphatic carbocycles. The molecule has 0 saturated heterocycles. The fourth-order valence-corrected chi connectivity index (χ4v) is 1.46. The van der Waals surface area contributed by atoms with Gasteiger partial charge < -0.3 is 10.7 Å². The molecule has 76 valence electrons. The van der Waals surface area contributed by atoms with Crippen LogP contribution >= 0.6 is 28.1 Å². The summed E-state index contributed by atoms with van der Waals surface area (Å²) in [6.07, 6.45) is 1.67. The number of hydrogen-bond acceptors (Lipinski definition) is 5. The highest BCUT2D eigenvalue weighted by Gasteiger charge is 2.02. The molecule has 0 unspecified atom stereocenters. The number of aromatic amines is 1. The zero-order chi connectivity index (χ0) is 10.8. The molecule has 3 N–H and O–H groups in total. The Hall–Kier alpha value is -1.34. The summed E-state index contributed by atoms with van der Waals surface area (Å²) in [5.74, 6) is 0.745. The summed E-state index contributed by atoms with van der Waals surface area (Å²) in [6.45, 7) is 0. The molecule has 0 fully saturated rings. The Labute approximate surface area is 98.9 Å². The molecule has 15 heavy (non-hydrogen) atoms. The Kier molecular flexibility index (Phi) is 2.74. The fourth-order valence-electron chi connectivity index (χ4n) is 1.04. The lowest BCUT2D eigenvalue weighted by Gasteiger charge is -2.00. The average molecular weight is 284 g/mol. The van der Waals surface area contributed by atoms with Gasteiger partial charge in [-0.2, -0.15) is 9.97 Å². The molecule has 5 nitrogen and oxygen atoms in total. The van der Waals surface area contributed by atoms with Crippen LogP contribution in [0.25, 0.3) is 11.5 Å². The first kappa shape index (κ1) is 10.2. The molecule has 2 rings (SSSR count). The van der Waals surface area contributed by atoms with Crippen molar-refractivity contribution in [1.82, 2.24) is 19.9 Å². The van der Waals surface area contributed by atoms with Gasteiger partial charge in [0.15, 0.2) is 5.82 Å². The number of H-pyrrole nitrogens is 1. The van der Waals surface area contributed by atoms with Gasteiger partial charge in [-0.3, -0.25) is 4.98 Å². The summed E-state index contributed by atoms with van der Waals surface area (Å²) in [6, 6.07) is 3.66. The Bertz CT molecular complexity index is 535. The van der Waals surface area contributed by atoms with Gasteiger partial charge in [0.2, 0.25) is 10.7 Å². The summed E-state index contributed by atoms with van der Waals surface area (Å²) in [5.41, 5.74) is 6.18. The molecule has 0 atom stereocenters. The summed E-state index contributed by atoms with van der Waals surface area (Å²) in [7, 11) is 0. The maximum Gasteiger partial charge on any atom is 0.224 e. The number of nitrogen functional groups attached to an aromatic ring is 1. The van der Waals surface area contributed by atoms with Crippen LogP contribution in [0.1, 0.15) is 0 Å². The summed E-state index contributed by atoms with van der Waals surface area (Å²) in [4.78, 5) is 14.7. The molecule has 0 aliphatic heterocycles. The lowest BCUT2D eigenvalue weighted by molar-refractivity contribution is 1.04. The van der Waals surface area contributed by atoms with Gasteiger partial charge in [0, 0.05) is 10.7 Å². The van der Waals surface area contributed by atoms with Gasteiger partial charge in [-0.15, -0.1) is 0 Å². The third-order valence-corrected chi connectivity index (χ3v) is 2.29. The van der Waals surface area contributed by atoms with Crippen molar-refractivity contribution in [2.45, 2.75) is 0 Å². The van der Waals surface area contributed by atoms with E-state index in [2.05, 4.69) is 35.9 Å². The van der Waals surface area contributed by atoms with Gasteiger partial charge in [-0.05, 0) is 40.3 Å². The van der Waals surface area contributed by atoms with E-state index in [0.717, 1.165) is 4.47 Å². The Morgan fingerprint density at radius 3 is 2.73 bits per heavy atom. The fraction of sp³-hybridized carbons (Fsp3) is 0. The summed E-state index contributed by atoms with van der Waals surface area (Å²) >= 11 is 8.15. The molecule has 0 bridgehead atoms. The predicted molar refractivity (Wildman–Crippen MR) is 62.6 cm³/mol. The van der Waals surface area contributed by atoms with Crippen LogP contribution in [0.15, 0.2) is 22.8 Å². The lowest BCUT2D eigenvalue weighted by Crippen LogP contribution is -2.00. The first-order valence-electron chi connectivity index (χ1n) is 4.01. The highest BCUT2D eigenvalue weighted by atomic mass is 79.9. The van der Waals surface area contributed by atoms with Crippen LogP contribution in [0, 0.1) is 4.77 Å². The van der Waals surface area contributed by atoms with E-state index >= 15 is 0 Å². The first-order chi connectivity index (χ1) is 7.15. The van der Waals surface area contributed by atoms with Crippen LogP contribution in [0.3, 0.4) is 0 Å². The quantitative estimate of drug-likeness (QED) is 0.782. The van der Waals surface area contributed by atoms with Crippen LogP contribution in [0.5, 0.6) is 0 Å². The summed E-state index contributed by atoms with van der Waals surface area (Å²) in [5, 5.41) is 0. The Balaban J connectivity index is 2.54. The molecular formula is C8H6BrN5S. The molecule has 0 spiro atoms. The monoisotopic (exact) mass is 283 g/mol. The highest BCUT2D eigenvalue weighted by Crippen LogP contribution is 2.14. The number of nitrogens with two attached hydrogens (primary N) is 1. The van der Waals surface area contributed by atoms with Crippen molar-refractivity contribution in [3.05, 3.63) is 27.6 Å². The van der Waals surface area contributed by atoms with Crippen LogP contribution in [-0.2, 0) is 0 Å².